The number of aromatic nitrogens is 1. The van der Waals surface area contributed by atoms with Gasteiger partial charge in [-0.05, 0) is 68.5 Å². The number of halogens is 1. The van der Waals surface area contributed by atoms with Gasteiger partial charge in [-0.15, -0.1) is 0 Å². The molecule has 150 valence electrons. The van der Waals surface area contributed by atoms with Crippen molar-refractivity contribution in [3.8, 4) is 0 Å². The Labute approximate surface area is 167 Å². The minimum Gasteiger partial charge on any atom is -0.369 e. The molecule has 0 spiro atoms. The van der Waals surface area contributed by atoms with E-state index in [4.69, 9.17) is 0 Å². The maximum absolute atomic E-state index is 13.4. The molecular weight excluding hydrogens is 353 g/mol. The topological polar surface area (TPSA) is 52.6 Å². The molecule has 2 N–H and O–H groups in total. The Morgan fingerprint density at radius 2 is 2.14 bits per heavy atom. The van der Waals surface area contributed by atoms with E-state index in [1.165, 1.54) is 5.56 Å². The zero-order valence-electron chi connectivity index (χ0n) is 17.0. The average molecular weight is 384 g/mol. The van der Waals surface area contributed by atoms with Gasteiger partial charge < -0.3 is 15.5 Å². The molecule has 6 heteroatoms. The Balaban J connectivity index is 1.51. The number of guanidine groups is 1. The van der Waals surface area contributed by atoms with Crippen LogP contribution in [0.15, 0.2) is 41.5 Å². The van der Waals surface area contributed by atoms with Crippen LogP contribution in [0, 0.1) is 19.7 Å². The van der Waals surface area contributed by atoms with E-state index in [1.807, 2.05) is 32.2 Å². The number of aliphatic imine (C=N–C) groups is 1. The normalized spacial score (nSPS) is 17.5. The number of piperidine rings is 1. The minimum absolute atomic E-state index is 0.179. The lowest BCUT2D eigenvalue weighted by Gasteiger charge is -2.36. The van der Waals surface area contributed by atoms with Crippen molar-refractivity contribution < 1.29 is 4.39 Å². The SMILES string of the molecule is CN=C(NCCc1ccc(C)nc1)NC1CCCN(c2ccc(F)cc2C)C1. The Bertz CT molecular complexity index is 803. The summed E-state index contributed by atoms with van der Waals surface area (Å²) >= 11 is 0. The van der Waals surface area contributed by atoms with E-state index in [9.17, 15) is 4.39 Å². The molecule has 0 saturated carbocycles. The summed E-state index contributed by atoms with van der Waals surface area (Å²) in [7, 11) is 1.80. The number of nitrogens with one attached hydrogen (secondary N) is 2. The first-order chi connectivity index (χ1) is 13.5. The maximum atomic E-state index is 13.4. The largest absolute Gasteiger partial charge is 0.369 e. The van der Waals surface area contributed by atoms with Gasteiger partial charge in [0.15, 0.2) is 5.96 Å². The van der Waals surface area contributed by atoms with Crippen LogP contribution in [0.1, 0.15) is 29.7 Å². The van der Waals surface area contributed by atoms with Crippen LogP contribution in [0.2, 0.25) is 0 Å². The van der Waals surface area contributed by atoms with Crippen LogP contribution in [-0.4, -0.2) is 43.7 Å². The van der Waals surface area contributed by atoms with Crippen molar-refractivity contribution >= 4 is 11.6 Å². The average Bonchev–Trinajstić information content (AvgIpc) is 2.69. The molecule has 2 aromatic rings. The number of hydrogen-bond donors (Lipinski definition) is 2. The molecule has 1 unspecified atom stereocenters. The van der Waals surface area contributed by atoms with Crippen LogP contribution >= 0.6 is 0 Å². The van der Waals surface area contributed by atoms with E-state index in [1.54, 1.807) is 19.2 Å². The second-order valence-corrected chi connectivity index (χ2v) is 7.42. The van der Waals surface area contributed by atoms with Gasteiger partial charge in [0.05, 0.1) is 0 Å². The molecule has 1 aliphatic rings. The third-order valence-corrected chi connectivity index (χ3v) is 5.16. The van der Waals surface area contributed by atoms with Crippen molar-refractivity contribution in [2.45, 2.75) is 39.2 Å². The van der Waals surface area contributed by atoms with Crippen LogP contribution in [0.5, 0.6) is 0 Å². The first-order valence-electron chi connectivity index (χ1n) is 9.95. The fourth-order valence-electron chi connectivity index (χ4n) is 3.65. The molecule has 2 heterocycles. The van der Waals surface area contributed by atoms with Crippen LogP contribution in [0.3, 0.4) is 0 Å². The number of anilines is 1. The molecular formula is C22H30FN5. The van der Waals surface area contributed by atoms with Gasteiger partial charge in [-0.3, -0.25) is 9.98 Å². The van der Waals surface area contributed by atoms with E-state index in [0.717, 1.165) is 61.8 Å². The fraction of sp³-hybridized carbons (Fsp3) is 0.455. The third-order valence-electron chi connectivity index (χ3n) is 5.16. The number of benzene rings is 1. The van der Waals surface area contributed by atoms with Gasteiger partial charge in [-0.1, -0.05) is 6.07 Å². The summed E-state index contributed by atoms with van der Waals surface area (Å²) in [6.45, 7) is 6.65. The summed E-state index contributed by atoms with van der Waals surface area (Å²) in [6.07, 6.45) is 5.02. The molecule has 0 radical (unpaired) electrons. The van der Waals surface area contributed by atoms with Gasteiger partial charge >= 0.3 is 0 Å². The maximum Gasteiger partial charge on any atom is 0.191 e. The standard InChI is InChI=1S/C22H30FN5/c1-16-13-19(23)8-9-21(16)28-12-4-5-20(15-28)27-22(24-3)25-11-10-18-7-6-17(2)26-14-18/h6-9,13-14,20H,4-5,10-12,15H2,1-3H3,(H2,24,25,27). The van der Waals surface area contributed by atoms with E-state index in [2.05, 4.69) is 31.6 Å². The monoisotopic (exact) mass is 383 g/mol. The molecule has 0 aliphatic carbocycles. The zero-order valence-corrected chi connectivity index (χ0v) is 17.0. The number of rotatable bonds is 5. The Kier molecular flexibility index (Phi) is 6.85. The number of nitrogens with zero attached hydrogens (tertiary/aromatic N) is 3. The Morgan fingerprint density at radius 1 is 1.29 bits per heavy atom. The highest BCUT2D eigenvalue weighted by Crippen LogP contribution is 2.24. The first kappa shape index (κ1) is 20.1. The van der Waals surface area contributed by atoms with Crippen molar-refractivity contribution in [2.24, 2.45) is 4.99 Å². The van der Waals surface area contributed by atoms with Crippen molar-refractivity contribution in [1.29, 1.82) is 0 Å². The van der Waals surface area contributed by atoms with Gasteiger partial charge in [0.1, 0.15) is 5.82 Å². The summed E-state index contributed by atoms with van der Waals surface area (Å²) in [6, 6.07) is 9.49. The van der Waals surface area contributed by atoms with Gasteiger partial charge in [-0.2, -0.15) is 0 Å². The lowest BCUT2D eigenvalue weighted by molar-refractivity contribution is 0.467. The first-order valence-corrected chi connectivity index (χ1v) is 9.95. The molecule has 1 aromatic heterocycles. The highest BCUT2D eigenvalue weighted by molar-refractivity contribution is 5.80. The van der Waals surface area contributed by atoms with Crippen LogP contribution < -0.4 is 15.5 Å². The van der Waals surface area contributed by atoms with Gasteiger partial charge in [0.2, 0.25) is 0 Å². The van der Waals surface area contributed by atoms with E-state index >= 15 is 0 Å². The molecule has 1 aromatic carbocycles. The summed E-state index contributed by atoms with van der Waals surface area (Å²) < 4.78 is 13.4. The van der Waals surface area contributed by atoms with E-state index in [0.29, 0.717) is 6.04 Å². The van der Waals surface area contributed by atoms with Crippen molar-refractivity contribution in [2.75, 3.05) is 31.6 Å². The molecule has 3 rings (SSSR count). The summed E-state index contributed by atoms with van der Waals surface area (Å²) in [5, 5.41) is 6.94. The lowest BCUT2D eigenvalue weighted by Crippen LogP contribution is -2.51. The van der Waals surface area contributed by atoms with Crippen molar-refractivity contribution in [1.82, 2.24) is 15.6 Å². The van der Waals surface area contributed by atoms with E-state index in [-0.39, 0.29) is 5.82 Å². The second kappa shape index (κ2) is 9.53. The quantitative estimate of drug-likeness (QED) is 0.615. The fourth-order valence-corrected chi connectivity index (χ4v) is 3.65. The Hall–Kier alpha value is -2.63. The molecule has 28 heavy (non-hydrogen) atoms. The van der Waals surface area contributed by atoms with Gasteiger partial charge in [0.25, 0.3) is 0 Å². The molecule has 1 atom stereocenters. The van der Waals surface area contributed by atoms with Crippen LogP contribution in [0.4, 0.5) is 10.1 Å². The summed E-state index contributed by atoms with van der Waals surface area (Å²) in [4.78, 5) is 11.0. The smallest absolute Gasteiger partial charge is 0.191 e. The Morgan fingerprint density at radius 3 is 2.86 bits per heavy atom. The molecule has 0 amide bonds. The molecule has 5 nitrogen and oxygen atoms in total. The molecule has 1 saturated heterocycles. The lowest BCUT2D eigenvalue weighted by atomic mass is 10.0. The van der Waals surface area contributed by atoms with Crippen molar-refractivity contribution in [3.05, 3.63) is 59.2 Å². The molecule has 0 bridgehead atoms. The van der Waals surface area contributed by atoms with E-state index < -0.39 is 0 Å². The minimum atomic E-state index is -0.179. The predicted molar refractivity (Wildman–Crippen MR) is 114 cm³/mol. The van der Waals surface area contributed by atoms with Gasteiger partial charge in [0, 0.05) is 50.3 Å². The predicted octanol–water partition coefficient (Wildman–Crippen LogP) is 3.21. The highest BCUT2D eigenvalue weighted by Gasteiger charge is 2.22. The van der Waals surface area contributed by atoms with Crippen LogP contribution in [-0.2, 0) is 6.42 Å². The summed E-state index contributed by atoms with van der Waals surface area (Å²) in [5.74, 6) is 0.643. The molecule has 1 fully saturated rings. The summed E-state index contributed by atoms with van der Waals surface area (Å²) in [5.41, 5.74) is 4.34. The molecule has 1 aliphatic heterocycles. The number of pyridine rings is 1. The highest BCUT2D eigenvalue weighted by atomic mass is 19.1. The number of aryl methyl sites for hydroxylation is 2. The van der Waals surface area contributed by atoms with Crippen molar-refractivity contribution in [3.63, 3.8) is 0 Å². The van der Waals surface area contributed by atoms with Crippen LogP contribution in [0.25, 0.3) is 0 Å². The third kappa shape index (κ3) is 5.44. The van der Waals surface area contributed by atoms with Gasteiger partial charge in [-0.25, -0.2) is 4.39 Å². The second-order valence-electron chi connectivity index (χ2n) is 7.42. The zero-order chi connectivity index (χ0) is 19.9. The number of hydrogen-bond acceptors (Lipinski definition) is 3.